The Kier molecular flexibility index (Phi) is 4.39. The van der Waals surface area contributed by atoms with Gasteiger partial charge in [0, 0.05) is 12.6 Å². The lowest BCUT2D eigenvalue weighted by molar-refractivity contribution is -0.0329. The zero-order chi connectivity index (χ0) is 14.0. The van der Waals surface area contributed by atoms with E-state index in [2.05, 4.69) is 0 Å². The zero-order valence-electron chi connectivity index (χ0n) is 12.5. The van der Waals surface area contributed by atoms with Crippen LogP contribution in [0.3, 0.4) is 0 Å². The Morgan fingerprint density at radius 1 is 1.37 bits per heavy atom. The fraction of sp³-hybridized carbons (Fsp3) is 0.933. The predicted molar refractivity (Wildman–Crippen MR) is 75.8 cm³/mol. The van der Waals surface area contributed by atoms with Gasteiger partial charge in [-0.2, -0.15) is 0 Å². The van der Waals surface area contributed by atoms with Crippen molar-refractivity contribution >= 4 is 6.09 Å². The second kappa shape index (κ2) is 5.70. The molecule has 0 spiro atoms. The number of hydrogen-bond acceptors (Lipinski definition) is 3. The van der Waals surface area contributed by atoms with Gasteiger partial charge in [-0.25, -0.2) is 4.79 Å². The molecular weight excluding hydrogens is 240 g/mol. The van der Waals surface area contributed by atoms with Gasteiger partial charge in [-0.3, -0.25) is 0 Å². The Morgan fingerprint density at radius 2 is 2.05 bits per heavy atom. The van der Waals surface area contributed by atoms with Crippen molar-refractivity contribution < 1.29 is 9.53 Å². The minimum atomic E-state index is -0.406. The summed E-state index contributed by atoms with van der Waals surface area (Å²) in [5.74, 6) is 1.36. The van der Waals surface area contributed by atoms with Crippen molar-refractivity contribution in [1.29, 1.82) is 0 Å². The molecule has 1 aliphatic heterocycles. The summed E-state index contributed by atoms with van der Waals surface area (Å²) in [7, 11) is 0. The van der Waals surface area contributed by atoms with Crippen LogP contribution in [0, 0.1) is 11.8 Å². The average molecular weight is 268 g/mol. The van der Waals surface area contributed by atoms with Crippen LogP contribution in [-0.4, -0.2) is 35.7 Å². The van der Waals surface area contributed by atoms with Gasteiger partial charge in [-0.05, 0) is 52.0 Å². The minimum absolute atomic E-state index is 0.148. The van der Waals surface area contributed by atoms with Crippen LogP contribution in [0.4, 0.5) is 4.79 Å². The van der Waals surface area contributed by atoms with E-state index < -0.39 is 5.60 Å². The maximum absolute atomic E-state index is 12.2. The largest absolute Gasteiger partial charge is 0.444 e. The van der Waals surface area contributed by atoms with Crippen LogP contribution in [-0.2, 0) is 4.74 Å². The first-order chi connectivity index (χ1) is 8.92. The number of rotatable bonds is 4. The molecule has 2 N–H and O–H groups in total. The number of carbonyl (C=O) groups excluding carboxylic acids is 1. The first-order valence-electron chi connectivity index (χ1n) is 7.62. The van der Waals surface area contributed by atoms with Crippen LogP contribution < -0.4 is 5.73 Å². The first-order valence-corrected chi connectivity index (χ1v) is 7.62. The lowest BCUT2D eigenvalue weighted by Crippen LogP contribution is -2.57. The van der Waals surface area contributed by atoms with Crippen LogP contribution in [0.25, 0.3) is 0 Å². The lowest BCUT2D eigenvalue weighted by atomic mass is 9.69. The third kappa shape index (κ3) is 3.41. The zero-order valence-corrected chi connectivity index (χ0v) is 12.5. The van der Waals surface area contributed by atoms with E-state index in [-0.39, 0.29) is 6.09 Å². The molecule has 1 saturated carbocycles. The van der Waals surface area contributed by atoms with Crippen molar-refractivity contribution in [2.24, 2.45) is 17.6 Å². The van der Waals surface area contributed by atoms with Gasteiger partial charge in [0.1, 0.15) is 5.60 Å². The summed E-state index contributed by atoms with van der Waals surface area (Å²) in [6.45, 7) is 7.32. The normalized spacial score (nSPS) is 25.5. The van der Waals surface area contributed by atoms with Crippen LogP contribution in [0.1, 0.15) is 52.9 Å². The number of carbonyl (C=O) groups is 1. The number of ether oxygens (including phenoxy) is 1. The molecule has 2 fully saturated rings. The third-order valence-electron chi connectivity index (χ3n) is 4.44. The number of amides is 1. The van der Waals surface area contributed by atoms with Crippen LogP contribution in [0.5, 0.6) is 0 Å². The molecule has 0 aromatic carbocycles. The van der Waals surface area contributed by atoms with Crippen molar-refractivity contribution in [1.82, 2.24) is 4.90 Å². The lowest BCUT2D eigenvalue weighted by Gasteiger charge is -2.49. The van der Waals surface area contributed by atoms with Crippen LogP contribution >= 0.6 is 0 Å². The van der Waals surface area contributed by atoms with Crippen molar-refractivity contribution in [3.8, 4) is 0 Å². The molecule has 19 heavy (non-hydrogen) atoms. The molecule has 0 aromatic heterocycles. The van der Waals surface area contributed by atoms with Crippen molar-refractivity contribution in [3.63, 3.8) is 0 Å². The van der Waals surface area contributed by atoms with E-state index in [1.807, 2.05) is 25.7 Å². The highest BCUT2D eigenvalue weighted by atomic mass is 16.6. The molecule has 1 aliphatic carbocycles. The van der Waals surface area contributed by atoms with Gasteiger partial charge in [-0.1, -0.05) is 19.3 Å². The monoisotopic (exact) mass is 268 g/mol. The van der Waals surface area contributed by atoms with Crippen LogP contribution in [0.2, 0.25) is 0 Å². The van der Waals surface area contributed by atoms with E-state index in [0.717, 1.165) is 31.8 Å². The summed E-state index contributed by atoms with van der Waals surface area (Å²) in [6, 6.07) is 0.365. The Hall–Kier alpha value is -0.770. The second-order valence-corrected chi connectivity index (χ2v) is 6.96. The van der Waals surface area contributed by atoms with Crippen molar-refractivity contribution in [3.05, 3.63) is 0 Å². The fourth-order valence-corrected chi connectivity index (χ4v) is 3.20. The van der Waals surface area contributed by atoms with Gasteiger partial charge in [-0.15, -0.1) is 0 Å². The maximum Gasteiger partial charge on any atom is 0.410 e. The van der Waals surface area contributed by atoms with E-state index in [4.69, 9.17) is 10.5 Å². The summed E-state index contributed by atoms with van der Waals surface area (Å²) >= 11 is 0. The highest BCUT2D eigenvalue weighted by Crippen LogP contribution is 2.41. The highest BCUT2D eigenvalue weighted by molar-refractivity contribution is 5.69. The van der Waals surface area contributed by atoms with E-state index in [9.17, 15) is 4.79 Å². The number of nitrogens with zero attached hydrogens (tertiary/aromatic N) is 1. The number of nitrogens with two attached hydrogens (primary N) is 1. The van der Waals surface area contributed by atoms with Crippen molar-refractivity contribution in [2.45, 2.75) is 64.5 Å². The van der Waals surface area contributed by atoms with Gasteiger partial charge < -0.3 is 15.4 Å². The molecule has 0 aromatic rings. The molecule has 4 nitrogen and oxygen atoms in total. The van der Waals surface area contributed by atoms with E-state index in [0.29, 0.717) is 12.0 Å². The molecule has 0 radical (unpaired) electrons. The van der Waals surface area contributed by atoms with Gasteiger partial charge in [0.05, 0.1) is 0 Å². The number of hydrogen-bond donors (Lipinski definition) is 1. The standard InChI is InChI=1S/C15H28N2O2/c1-15(2,3)19-14(18)17-10-8-13(17)12(7-9-16)11-5-4-6-11/h11-13H,4-10,16H2,1-3H3. The molecule has 2 rings (SSSR count). The summed E-state index contributed by atoms with van der Waals surface area (Å²) in [4.78, 5) is 14.1. The predicted octanol–water partition coefficient (Wildman–Crippen LogP) is 2.76. The summed E-state index contributed by atoms with van der Waals surface area (Å²) in [6.07, 6.45) is 5.96. The molecule has 1 amide bonds. The van der Waals surface area contributed by atoms with E-state index in [1.54, 1.807) is 0 Å². The van der Waals surface area contributed by atoms with E-state index >= 15 is 0 Å². The Balaban J connectivity index is 1.93. The molecule has 110 valence electrons. The molecule has 1 heterocycles. The molecule has 2 atom stereocenters. The Morgan fingerprint density at radius 3 is 2.42 bits per heavy atom. The van der Waals surface area contributed by atoms with Crippen LogP contribution in [0.15, 0.2) is 0 Å². The quantitative estimate of drug-likeness (QED) is 0.853. The van der Waals surface area contributed by atoms with Gasteiger partial charge >= 0.3 is 6.09 Å². The molecule has 2 unspecified atom stereocenters. The molecule has 2 aliphatic rings. The van der Waals surface area contributed by atoms with Gasteiger partial charge in [0.25, 0.3) is 0 Å². The van der Waals surface area contributed by atoms with Gasteiger partial charge in [0.2, 0.25) is 0 Å². The number of likely N-dealkylation sites (tertiary alicyclic amines) is 1. The SMILES string of the molecule is CC(C)(C)OC(=O)N1CCC1C(CCN)C1CCC1. The average Bonchev–Trinajstić information content (AvgIpc) is 2.09. The smallest absolute Gasteiger partial charge is 0.410 e. The summed E-state index contributed by atoms with van der Waals surface area (Å²) in [5, 5.41) is 0. The summed E-state index contributed by atoms with van der Waals surface area (Å²) < 4.78 is 5.49. The second-order valence-electron chi connectivity index (χ2n) is 6.96. The molecule has 1 saturated heterocycles. The maximum atomic E-state index is 12.2. The minimum Gasteiger partial charge on any atom is -0.444 e. The third-order valence-corrected chi connectivity index (χ3v) is 4.44. The highest BCUT2D eigenvalue weighted by Gasteiger charge is 2.43. The first kappa shape index (κ1) is 14.6. The fourth-order valence-electron chi connectivity index (χ4n) is 3.20. The van der Waals surface area contributed by atoms with E-state index in [1.165, 1.54) is 19.3 Å². The Labute approximate surface area is 116 Å². The molecular formula is C15H28N2O2. The van der Waals surface area contributed by atoms with Gasteiger partial charge in [0.15, 0.2) is 0 Å². The molecule has 4 heteroatoms. The van der Waals surface area contributed by atoms with Crippen molar-refractivity contribution in [2.75, 3.05) is 13.1 Å². The molecule has 0 bridgehead atoms. The summed E-state index contributed by atoms with van der Waals surface area (Å²) in [5.41, 5.74) is 5.35. The Bertz CT molecular complexity index is 321. The topological polar surface area (TPSA) is 55.6 Å².